The van der Waals surface area contributed by atoms with E-state index in [1.54, 1.807) is 12.1 Å². The van der Waals surface area contributed by atoms with Gasteiger partial charge in [-0.2, -0.15) is 5.10 Å². The molecule has 1 aromatic heterocycles. The predicted octanol–water partition coefficient (Wildman–Crippen LogP) is 3.37. The van der Waals surface area contributed by atoms with Crippen molar-refractivity contribution < 1.29 is 9.90 Å². The Kier molecular flexibility index (Phi) is 5.49. The van der Waals surface area contributed by atoms with Gasteiger partial charge in [0.2, 0.25) is 5.91 Å². The summed E-state index contributed by atoms with van der Waals surface area (Å²) in [6, 6.07) is 3.41. The van der Waals surface area contributed by atoms with E-state index in [1.807, 2.05) is 12.3 Å². The normalized spacial score (nSPS) is 11.0. The van der Waals surface area contributed by atoms with Gasteiger partial charge in [-0.15, -0.1) is 11.3 Å². The summed E-state index contributed by atoms with van der Waals surface area (Å²) in [5.74, 6) is -0.198. The van der Waals surface area contributed by atoms with Gasteiger partial charge >= 0.3 is 0 Å². The maximum Gasteiger partial charge on any atom is 0.246 e. The molecule has 1 aromatic carbocycles. The third-order valence-corrected chi connectivity index (χ3v) is 4.34. The minimum atomic E-state index is -0.259. The van der Waals surface area contributed by atoms with Crippen molar-refractivity contribution in [3.8, 4) is 5.75 Å². The number of thiazole rings is 1. The highest BCUT2D eigenvalue weighted by Gasteiger charge is 2.07. The fraction of sp³-hybridized carbons (Fsp3) is 0.154. The Balaban J connectivity index is 1.97. The number of carbonyl (C=O) groups excluding carboxylic acids is 1. The molecule has 2 N–H and O–H groups in total. The zero-order valence-electron chi connectivity index (χ0n) is 10.9. The van der Waals surface area contributed by atoms with E-state index in [0.717, 1.165) is 15.2 Å². The number of nitrogens with zero attached hydrogens (tertiary/aromatic N) is 2. The van der Waals surface area contributed by atoms with Crippen molar-refractivity contribution in [2.75, 3.05) is 0 Å². The van der Waals surface area contributed by atoms with Gasteiger partial charge in [-0.1, -0.05) is 15.9 Å². The van der Waals surface area contributed by atoms with Gasteiger partial charge < -0.3 is 5.11 Å². The number of hydrogen-bond donors (Lipinski definition) is 2. The number of aromatic hydroxyl groups is 1. The molecule has 0 aliphatic heterocycles. The highest BCUT2D eigenvalue weighted by Crippen LogP contribution is 2.30. The molecule has 0 aliphatic carbocycles. The van der Waals surface area contributed by atoms with Gasteiger partial charge in [0, 0.05) is 15.4 Å². The van der Waals surface area contributed by atoms with Crippen molar-refractivity contribution in [2.45, 2.75) is 13.3 Å². The molecule has 1 heterocycles. The first-order valence-corrected chi connectivity index (χ1v) is 8.33. The maximum absolute atomic E-state index is 11.7. The molecule has 0 fully saturated rings. The van der Waals surface area contributed by atoms with Crippen LogP contribution >= 0.6 is 43.2 Å². The molecular weight excluding hydrogens is 422 g/mol. The molecular formula is C13H11Br2N3O2S. The van der Waals surface area contributed by atoms with Crippen LogP contribution in [0.15, 0.2) is 31.6 Å². The van der Waals surface area contributed by atoms with Crippen LogP contribution < -0.4 is 5.43 Å². The molecule has 0 saturated carbocycles. The van der Waals surface area contributed by atoms with Crippen LogP contribution in [0, 0.1) is 6.92 Å². The lowest BCUT2D eigenvalue weighted by Crippen LogP contribution is -2.19. The number of hydrogen-bond acceptors (Lipinski definition) is 5. The summed E-state index contributed by atoms with van der Waals surface area (Å²) in [6.07, 6.45) is 1.56. The second kappa shape index (κ2) is 7.15. The van der Waals surface area contributed by atoms with E-state index < -0.39 is 0 Å². The zero-order chi connectivity index (χ0) is 15.4. The first-order valence-electron chi connectivity index (χ1n) is 5.86. The highest BCUT2D eigenvalue weighted by molar-refractivity contribution is 9.11. The summed E-state index contributed by atoms with van der Waals surface area (Å²) in [5.41, 5.74) is 3.62. The Hall–Kier alpha value is -1.25. The topological polar surface area (TPSA) is 74.6 Å². The van der Waals surface area contributed by atoms with Gasteiger partial charge in [0.15, 0.2) is 0 Å². The molecule has 8 heteroatoms. The molecule has 110 valence electrons. The van der Waals surface area contributed by atoms with Crippen LogP contribution in [0.3, 0.4) is 0 Å². The summed E-state index contributed by atoms with van der Waals surface area (Å²) in [6.45, 7) is 1.89. The van der Waals surface area contributed by atoms with Gasteiger partial charge in [-0.3, -0.25) is 4.79 Å². The van der Waals surface area contributed by atoms with Gasteiger partial charge in [0.1, 0.15) is 5.75 Å². The first-order chi connectivity index (χ1) is 9.95. The number of aromatic nitrogens is 1. The van der Waals surface area contributed by atoms with Crippen LogP contribution in [-0.4, -0.2) is 22.2 Å². The van der Waals surface area contributed by atoms with Crippen LogP contribution in [-0.2, 0) is 11.2 Å². The molecule has 0 radical (unpaired) electrons. The molecule has 0 unspecified atom stereocenters. The average Bonchev–Trinajstić information content (AvgIpc) is 2.80. The monoisotopic (exact) mass is 431 g/mol. The van der Waals surface area contributed by atoms with Crippen molar-refractivity contribution >= 4 is 55.3 Å². The van der Waals surface area contributed by atoms with Gasteiger partial charge in [-0.25, -0.2) is 10.4 Å². The fourth-order valence-electron chi connectivity index (χ4n) is 1.55. The highest BCUT2D eigenvalue weighted by atomic mass is 79.9. The average molecular weight is 433 g/mol. The second-order valence-electron chi connectivity index (χ2n) is 4.15. The van der Waals surface area contributed by atoms with E-state index in [9.17, 15) is 9.90 Å². The van der Waals surface area contributed by atoms with E-state index >= 15 is 0 Å². The SMILES string of the molecule is Cc1nc(CC(=O)N/N=C/c2cc(Br)cc(Br)c2O)cs1. The minimum Gasteiger partial charge on any atom is -0.506 e. The van der Waals surface area contributed by atoms with E-state index in [-0.39, 0.29) is 18.1 Å². The second-order valence-corrected chi connectivity index (χ2v) is 6.99. The van der Waals surface area contributed by atoms with Crippen LogP contribution in [0.1, 0.15) is 16.3 Å². The quantitative estimate of drug-likeness (QED) is 0.574. The molecule has 1 amide bonds. The molecule has 0 atom stereocenters. The summed E-state index contributed by atoms with van der Waals surface area (Å²) >= 11 is 8.04. The van der Waals surface area contributed by atoms with Gasteiger partial charge in [0.25, 0.3) is 0 Å². The van der Waals surface area contributed by atoms with Gasteiger partial charge in [0.05, 0.1) is 27.8 Å². The number of amides is 1. The molecule has 0 saturated heterocycles. The number of benzene rings is 1. The Morgan fingerprint density at radius 2 is 2.29 bits per heavy atom. The Bertz CT molecular complexity index is 701. The summed E-state index contributed by atoms with van der Waals surface area (Å²) < 4.78 is 1.33. The number of nitrogens with one attached hydrogen (secondary N) is 1. The van der Waals surface area contributed by atoms with Crippen molar-refractivity contribution in [1.29, 1.82) is 0 Å². The molecule has 0 aliphatic rings. The molecule has 2 rings (SSSR count). The van der Waals surface area contributed by atoms with E-state index in [0.29, 0.717) is 10.0 Å². The zero-order valence-corrected chi connectivity index (χ0v) is 14.9. The van der Waals surface area contributed by atoms with Crippen molar-refractivity contribution in [2.24, 2.45) is 5.10 Å². The molecule has 0 bridgehead atoms. The molecule has 0 spiro atoms. The lowest BCUT2D eigenvalue weighted by atomic mass is 10.2. The van der Waals surface area contributed by atoms with E-state index in [2.05, 4.69) is 47.4 Å². The fourth-order valence-corrected chi connectivity index (χ4v) is 3.42. The first kappa shape index (κ1) is 16.1. The van der Waals surface area contributed by atoms with Crippen LogP contribution in [0.5, 0.6) is 5.75 Å². The van der Waals surface area contributed by atoms with E-state index in [4.69, 9.17) is 0 Å². The summed E-state index contributed by atoms with van der Waals surface area (Å²) in [5, 5.41) is 16.4. The number of rotatable bonds is 4. The Morgan fingerprint density at radius 3 is 2.95 bits per heavy atom. The maximum atomic E-state index is 11.7. The minimum absolute atomic E-state index is 0.0614. The van der Waals surface area contributed by atoms with Crippen molar-refractivity contribution in [1.82, 2.24) is 10.4 Å². The Morgan fingerprint density at radius 1 is 1.52 bits per heavy atom. The number of hydrazone groups is 1. The Labute approximate surface area is 142 Å². The lowest BCUT2D eigenvalue weighted by Gasteiger charge is -2.03. The van der Waals surface area contributed by atoms with Crippen molar-refractivity contribution in [3.63, 3.8) is 0 Å². The molecule has 21 heavy (non-hydrogen) atoms. The summed E-state index contributed by atoms with van der Waals surface area (Å²) in [7, 11) is 0. The molecule has 5 nitrogen and oxygen atoms in total. The lowest BCUT2D eigenvalue weighted by molar-refractivity contribution is -0.120. The van der Waals surface area contributed by atoms with Crippen LogP contribution in [0.4, 0.5) is 0 Å². The van der Waals surface area contributed by atoms with Crippen LogP contribution in [0.2, 0.25) is 0 Å². The van der Waals surface area contributed by atoms with Gasteiger partial charge in [-0.05, 0) is 35.0 Å². The third kappa shape index (κ3) is 4.62. The number of aryl methyl sites for hydroxylation is 1. The number of carbonyl (C=O) groups is 1. The third-order valence-electron chi connectivity index (χ3n) is 2.46. The van der Waals surface area contributed by atoms with E-state index in [1.165, 1.54) is 17.6 Å². The predicted molar refractivity (Wildman–Crippen MR) is 89.8 cm³/mol. The smallest absolute Gasteiger partial charge is 0.246 e. The molecule has 2 aromatic rings. The summed E-state index contributed by atoms with van der Waals surface area (Å²) in [4.78, 5) is 15.9. The number of phenolic OH excluding ortho intramolecular Hbond substituents is 1. The van der Waals surface area contributed by atoms with Crippen molar-refractivity contribution in [3.05, 3.63) is 42.7 Å². The largest absolute Gasteiger partial charge is 0.506 e. The van der Waals surface area contributed by atoms with Crippen LogP contribution in [0.25, 0.3) is 0 Å². The number of phenols is 1. The number of halogens is 2. The standard InChI is InChI=1S/C13H11Br2N3O2S/c1-7-17-10(6-21-7)4-12(19)18-16-5-8-2-9(14)3-11(15)13(8)20/h2-3,5-6,20H,4H2,1H3,(H,18,19)/b16-5+.